The quantitative estimate of drug-likeness (QED) is 0.373. The van der Waals surface area contributed by atoms with Crippen LogP contribution in [0, 0.1) is 29.1 Å². The SMILES string of the molecule is C=CC(=O)Nc1ccc(C#Cc2cc(-c3cnn(CC4COC4)c3)cn3ncc(C#N)c23)cc1. The van der Waals surface area contributed by atoms with Gasteiger partial charge in [-0.25, -0.2) is 4.52 Å². The van der Waals surface area contributed by atoms with E-state index in [0.29, 0.717) is 28.2 Å². The molecule has 0 spiro atoms. The third kappa shape index (κ3) is 4.31. The van der Waals surface area contributed by atoms with Crippen molar-refractivity contribution in [3.8, 4) is 29.0 Å². The predicted molar refractivity (Wildman–Crippen MR) is 127 cm³/mol. The van der Waals surface area contributed by atoms with Gasteiger partial charge in [0, 0.05) is 47.2 Å². The van der Waals surface area contributed by atoms with Crippen molar-refractivity contribution in [2.45, 2.75) is 6.54 Å². The van der Waals surface area contributed by atoms with Crippen molar-refractivity contribution >= 4 is 17.1 Å². The Balaban J connectivity index is 1.48. The lowest BCUT2D eigenvalue weighted by atomic mass is 10.1. The Morgan fingerprint density at radius 1 is 1.15 bits per heavy atom. The number of nitrogens with one attached hydrogen (secondary N) is 1. The number of nitrogens with zero attached hydrogens (tertiary/aromatic N) is 5. The summed E-state index contributed by atoms with van der Waals surface area (Å²) in [5, 5.41) is 21.1. The normalized spacial score (nSPS) is 12.9. The molecular formula is C26H20N6O2. The molecule has 4 aromatic rings. The number of anilines is 1. The minimum absolute atomic E-state index is 0.271. The highest BCUT2D eigenvalue weighted by molar-refractivity contribution is 5.98. The first-order chi connectivity index (χ1) is 16.6. The summed E-state index contributed by atoms with van der Waals surface area (Å²) >= 11 is 0. The Labute approximate surface area is 196 Å². The Hall–Kier alpha value is -4.66. The molecule has 0 bridgehead atoms. The van der Waals surface area contributed by atoms with Crippen LogP contribution >= 0.6 is 0 Å². The van der Waals surface area contributed by atoms with E-state index in [2.05, 4.69) is 40.0 Å². The Kier molecular flexibility index (Phi) is 5.65. The van der Waals surface area contributed by atoms with Gasteiger partial charge in [0.15, 0.2) is 0 Å². The van der Waals surface area contributed by atoms with Crippen molar-refractivity contribution in [2.75, 3.05) is 18.5 Å². The number of benzene rings is 1. The van der Waals surface area contributed by atoms with Gasteiger partial charge >= 0.3 is 0 Å². The molecule has 34 heavy (non-hydrogen) atoms. The molecule has 4 heterocycles. The zero-order valence-corrected chi connectivity index (χ0v) is 18.2. The van der Waals surface area contributed by atoms with Crippen molar-refractivity contribution in [2.24, 2.45) is 5.92 Å². The van der Waals surface area contributed by atoms with Gasteiger partial charge in [-0.3, -0.25) is 9.48 Å². The van der Waals surface area contributed by atoms with E-state index in [4.69, 9.17) is 4.74 Å². The first-order valence-electron chi connectivity index (χ1n) is 10.7. The molecule has 0 aliphatic carbocycles. The number of nitriles is 1. The van der Waals surface area contributed by atoms with Crippen LogP contribution < -0.4 is 5.32 Å². The number of carbonyl (C=O) groups is 1. The number of hydrogen-bond acceptors (Lipinski definition) is 5. The lowest BCUT2D eigenvalue weighted by molar-refractivity contribution is -0.111. The standard InChI is InChI=1S/C26H20N6O2/c1-2-25(33)30-24-7-4-18(5-8-24)3-6-20-9-21(15-32-26(20)22(10-27)11-29-32)23-12-28-31(14-23)13-19-16-34-17-19/h2,4-5,7-9,11-12,14-15,19H,1,13,16-17H2,(H,30,33). The molecule has 8 heteroatoms. The summed E-state index contributed by atoms with van der Waals surface area (Å²) in [5.74, 6) is 6.57. The fourth-order valence-corrected chi connectivity index (χ4v) is 3.69. The molecule has 166 valence electrons. The second-order valence-electron chi connectivity index (χ2n) is 7.98. The maximum absolute atomic E-state index is 11.5. The van der Waals surface area contributed by atoms with Gasteiger partial charge in [-0.05, 0) is 36.4 Å². The van der Waals surface area contributed by atoms with Gasteiger partial charge in [-0.2, -0.15) is 15.5 Å². The molecule has 1 aliphatic rings. The largest absolute Gasteiger partial charge is 0.381 e. The van der Waals surface area contributed by atoms with Gasteiger partial charge in [0.1, 0.15) is 6.07 Å². The average Bonchev–Trinajstić information content (AvgIpc) is 3.47. The molecule has 1 aliphatic heterocycles. The maximum Gasteiger partial charge on any atom is 0.247 e. The highest BCUT2D eigenvalue weighted by Crippen LogP contribution is 2.25. The molecule has 0 atom stereocenters. The van der Waals surface area contributed by atoms with E-state index in [0.717, 1.165) is 36.4 Å². The maximum atomic E-state index is 11.5. The second kappa shape index (κ2) is 9.07. The van der Waals surface area contributed by atoms with Crippen molar-refractivity contribution in [3.05, 3.63) is 84.5 Å². The lowest BCUT2D eigenvalue weighted by Gasteiger charge is -2.25. The van der Waals surface area contributed by atoms with Gasteiger partial charge in [-0.15, -0.1) is 0 Å². The minimum atomic E-state index is -0.271. The van der Waals surface area contributed by atoms with Crippen molar-refractivity contribution < 1.29 is 9.53 Å². The van der Waals surface area contributed by atoms with Crippen LogP contribution in [0.5, 0.6) is 0 Å². The number of pyridine rings is 1. The molecule has 8 nitrogen and oxygen atoms in total. The summed E-state index contributed by atoms with van der Waals surface area (Å²) in [6, 6.07) is 11.3. The summed E-state index contributed by atoms with van der Waals surface area (Å²) < 4.78 is 8.86. The van der Waals surface area contributed by atoms with E-state index >= 15 is 0 Å². The molecule has 1 aromatic carbocycles. The van der Waals surface area contributed by atoms with E-state index in [1.54, 1.807) is 22.8 Å². The van der Waals surface area contributed by atoms with Crippen LogP contribution in [-0.4, -0.2) is 38.5 Å². The number of amides is 1. The molecule has 1 fully saturated rings. The molecule has 5 rings (SSSR count). The third-order valence-electron chi connectivity index (χ3n) is 5.53. The Morgan fingerprint density at radius 2 is 1.97 bits per heavy atom. The van der Waals surface area contributed by atoms with E-state index in [1.807, 2.05) is 41.5 Å². The minimum Gasteiger partial charge on any atom is -0.381 e. The molecule has 3 aromatic heterocycles. The Bertz CT molecular complexity index is 1490. The van der Waals surface area contributed by atoms with Crippen molar-refractivity contribution in [3.63, 3.8) is 0 Å². The molecular weight excluding hydrogens is 428 g/mol. The van der Waals surface area contributed by atoms with E-state index in [9.17, 15) is 10.1 Å². The van der Waals surface area contributed by atoms with Gasteiger partial charge < -0.3 is 10.1 Å². The first kappa shape index (κ1) is 21.2. The summed E-state index contributed by atoms with van der Waals surface area (Å²) in [7, 11) is 0. The predicted octanol–water partition coefficient (Wildman–Crippen LogP) is 3.24. The van der Waals surface area contributed by atoms with Crippen LogP contribution in [0.1, 0.15) is 16.7 Å². The van der Waals surface area contributed by atoms with Crippen LogP contribution in [-0.2, 0) is 16.1 Å². The van der Waals surface area contributed by atoms with Crippen LogP contribution in [0.15, 0.2) is 67.8 Å². The first-order valence-corrected chi connectivity index (χ1v) is 10.7. The highest BCUT2D eigenvalue weighted by Gasteiger charge is 2.19. The zero-order chi connectivity index (χ0) is 23.5. The fraction of sp³-hybridized carbons (Fsp3) is 0.154. The zero-order valence-electron chi connectivity index (χ0n) is 18.2. The third-order valence-corrected chi connectivity index (χ3v) is 5.53. The van der Waals surface area contributed by atoms with Crippen molar-refractivity contribution in [1.82, 2.24) is 19.4 Å². The number of carbonyl (C=O) groups excluding carboxylic acids is 1. The number of hydrogen-bond donors (Lipinski definition) is 1. The molecule has 0 unspecified atom stereocenters. The summed E-state index contributed by atoms with van der Waals surface area (Å²) in [6.07, 6.45) is 8.47. The number of fused-ring (bicyclic) bond motifs is 1. The van der Waals surface area contributed by atoms with E-state index < -0.39 is 0 Å². The van der Waals surface area contributed by atoms with Gasteiger partial charge in [0.25, 0.3) is 0 Å². The van der Waals surface area contributed by atoms with Crippen LogP contribution in [0.2, 0.25) is 0 Å². The average molecular weight is 448 g/mol. The number of ether oxygens (including phenoxy) is 1. The van der Waals surface area contributed by atoms with Crippen LogP contribution in [0.3, 0.4) is 0 Å². The molecule has 0 radical (unpaired) electrons. The monoisotopic (exact) mass is 448 g/mol. The van der Waals surface area contributed by atoms with Crippen LogP contribution in [0.25, 0.3) is 16.6 Å². The number of rotatable bonds is 5. The van der Waals surface area contributed by atoms with E-state index in [1.165, 1.54) is 6.08 Å². The number of aromatic nitrogens is 4. The van der Waals surface area contributed by atoms with Gasteiger partial charge in [0.05, 0.1) is 42.3 Å². The summed E-state index contributed by atoms with van der Waals surface area (Å²) in [6.45, 7) is 5.81. The molecule has 0 saturated carbocycles. The second-order valence-corrected chi connectivity index (χ2v) is 7.98. The Morgan fingerprint density at radius 3 is 2.68 bits per heavy atom. The lowest BCUT2D eigenvalue weighted by Crippen LogP contribution is -2.31. The topological polar surface area (TPSA) is 97.2 Å². The molecule has 1 N–H and O–H groups in total. The van der Waals surface area contributed by atoms with Crippen molar-refractivity contribution in [1.29, 1.82) is 5.26 Å². The molecule has 1 amide bonds. The summed E-state index contributed by atoms with van der Waals surface area (Å²) in [4.78, 5) is 11.5. The fourth-order valence-electron chi connectivity index (χ4n) is 3.69. The van der Waals surface area contributed by atoms with E-state index in [-0.39, 0.29) is 5.91 Å². The smallest absolute Gasteiger partial charge is 0.247 e. The highest BCUT2D eigenvalue weighted by atomic mass is 16.5. The van der Waals surface area contributed by atoms with Crippen LogP contribution in [0.4, 0.5) is 5.69 Å². The summed E-state index contributed by atoms with van der Waals surface area (Å²) in [5.41, 5.74) is 5.09. The molecule has 1 saturated heterocycles. The van der Waals surface area contributed by atoms with Gasteiger partial charge in [-0.1, -0.05) is 18.4 Å². The van der Waals surface area contributed by atoms with Gasteiger partial charge in [0.2, 0.25) is 5.91 Å².